The van der Waals surface area contributed by atoms with Crippen molar-refractivity contribution in [2.75, 3.05) is 12.8 Å². The topological polar surface area (TPSA) is 82.2 Å². The van der Waals surface area contributed by atoms with Gasteiger partial charge in [-0.05, 0) is 29.5 Å². The molecule has 26 heavy (non-hydrogen) atoms. The quantitative estimate of drug-likeness (QED) is 0.765. The SMILES string of the molecule is CN1C(=N)N[C@](C)(c2csc(N)c2)[C@H](c2ccc(C(C)(F)F)cc2)C1=O. The number of likely N-dealkylation sites (N-methyl/N-ethyl adjacent to an activating group) is 1. The van der Waals surface area contributed by atoms with Crippen LogP contribution in [0.2, 0.25) is 0 Å². The van der Waals surface area contributed by atoms with Gasteiger partial charge in [-0.3, -0.25) is 15.1 Å². The third-order valence-corrected chi connectivity index (χ3v) is 5.60. The molecule has 1 amide bonds. The molecule has 0 bridgehead atoms. The number of thiophene rings is 1. The normalized spacial score (nSPS) is 23.9. The van der Waals surface area contributed by atoms with E-state index in [0.29, 0.717) is 10.6 Å². The minimum Gasteiger partial charge on any atom is -0.391 e. The first-order valence-electron chi connectivity index (χ1n) is 8.01. The van der Waals surface area contributed by atoms with Crippen LogP contribution < -0.4 is 11.1 Å². The van der Waals surface area contributed by atoms with E-state index in [9.17, 15) is 13.6 Å². The van der Waals surface area contributed by atoms with Crippen LogP contribution in [0.1, 0.15) is 36.5 Å². The van der Waals surface area contributed by atoms with Crippen molar-refractivity contribution in [1.82, 2.24) is 10.2 Å². The molecule has 1 aromatic heterocycles. The second-order valence-corrected chi connectivity index (χ2v) is 7.70. The van der Waals surface area contributed by atoms with Crippen LogP contribution >= 0.6 is 11.3 Å². The van der Waals surface area contributed by atoms with E-state index in [1.807, 2.05) is 12.3 Å². The summed E-state index contributed by atoms with van der Waals surface area (Å²) in [6, 6.07) is 7.54. The zero-order valence-electron chi connectivity index (χ0n) is 14.6. The summed E-state index contributed by atoms with van der Waals surface area (Å²) < 4.78 is 27.0. The number of benzene rings is 1. The summed E-state index contributed by atoms with van der Waals surface area (Å²) in [6.45, 7) is 2.66. The Balaban J connectivity index is 2.10. The second kappa shape index (κ2) is 6.05. The van der Waals surface area contributed by atoms with Gasteiger partial charge in [0.15, 0.2) is 5.96 Å². The third-order valence-electron chi connectivity index (χ3n) is 4.84. The van der Waals surface area contributed by atoms with Crippen LogP contribution in [0.4, 0.5) is 13.8 Å². The molecule has 1 aromatic carbocycles. The first kappa shape index (κ1) is 18.3. The number of anilines is 1. The van der Waals surface area contributed by atoms with Crippen LogP contribution in [0, 0.1) is 5.41 Å². The Morgan fingerprint density at radius 3 is 2.46 bits per heavy atom. The number of alkyl halides is 2. The molecule has 1 fully saturated rings. The van der Waals surface area contributed by atoms with Crippen molar-refractivity contribution in [3.63, 3.8) is 0 Å². The molecule has 1 aliphatic rings. The maximum absolute atomic E-state index is 13.5. The molecule has 1 aliphatic heterocycles. The van der Waals surface area contributed by atoms with Gasteiger partial charge in [-0.15, -0.1) is 11.3 Å². The lowest BCUT2D eigenvalue weighted by molar-refractivity contribution is -0.131. The predicted molar refractivity (Wildman–Crippen MR) is 98.5 cm³/mol. The fourth-order valence-corrected chi connectivity index (χ4v) is 4.03. The van der Waals surface area contributed by atoms with Crippen LogP contribution in [-0.2, 0) is 16.3 Å². The lowest BCUT2D eigenvalue weighted by Gasteiger charge is -2.45. The Kier molecular flexibility index (Phi) is 4.26. The van der Waals surface area contributed by atoms with E-state index in [1.54, 1.807) is 18.2 Å². The average Bonchev–Trinajstić information content (AvgIpc) is 3.00. The Hall–Kier alpha value is -2.48. The van der Waals surface area contributed by atoms with Gasteiger partial charge in [0, 0.05) is 19.5 Å². The van der Waals surface area contributed by atoms with Crippen molar-refractivity contribution in [1.29, 1.82) is 5.41 Å². The van der Waals surface area contributed by atoms with Crippen molar-refractivity contribution in [2.24, 2.45) is 0 Å². The van der Waals surface area contributed by atoms with E-state index in [-0.39, 0.29) is 17.4 Å². The highest BCUT2D eigenvalue weighted by Crippen LogP contribution is 2.43. The van der Waals surface area contributed by atoms with Gasteiger partial charge in [0.2, 0.25) is 5.91 Å². The number of nitrogen functional groups attached to an aromatic ring is 1. The standard InChI is InChI=1S/C18H20F2N4OS/c1-17(12-8-13(21)26-9-12)14(15(25)24(3)16(22)23-17)10-4-6-11(7-5-10)18(2,19)20/h4-9,14H,21H2,1-3H3,(H2,22,23)/t14-,17-/m1/s1. The number of carbonyl (C=O) groups is 1. The summed E-state index contributed by atoms with van der Waals surface area (Å²) in [5.41, 5.74) is 6.21. The summed E-state index contributed by atoms with van der Waals surface area (Å²) in [6.07, 6.45) is 0. The lowest BCUT2D eigenvalue weighted by Crippen LogP contribution is -2.62. The van der Waals surface area contributed by atoms with Crippen molar-refractivity contribution >= 4 is 28.2 Å². The van der Waals surface area contributed by atoms with Gasteiger partial charge in [0.05, 0.1) is 16.5 Å². The summed E-state index contributed by atoms with van der Waals surface area (Å²) in [7, 11) is 1.51. The minimum atomic E-state index is -2.95. The average molecular weight is 378 g/mol. The Morgan fingerprint density at radius 1 is 1.35 bits per heavy atom. The molecular weight excluding hydrogens is 358 g/mol. The first-order chi connectivity index (χ1) is 12.0. The monoisotopic (exact) mass is 378 g/mol. The largest absolute Gasteiger partial charge is 0.391 e. The number of nitrogens with two attached hydrogens (primary N) is 1. The number of guanidine groups is 1. The van der Waals surface area contributed by atoms with E-state index in [4.69, 9.17) is 11.1 Å². The summed E-state index contributed by atoms with van der Waals surface area (Å²) in [5.74, 6) is -3.93. The van der Waals surface area contributed by atoms with Gasteiger partial charge < -0.3 is 11.1 Å². The Morgan fingerprint density at radius 2 is 1.96 bits per heavy atom. The van der Waals surface area contributed by atoms with Crippen LogP contribution in [0.25, 0.3) is 0 Å². The van der Waals surface area contributed by atoms with Crippen molar-refractivity contribution in [3.05, 3.63) is 52.4 Å². The fraction of sp³-hybridized carbons (Fsp3) is 0.333. The van der Waals surface area contributed by atoms with Gasteiger partial charge in [0.25, 0.3) is 5.92 Å². The molecule has 8 heteroatoms. The van der Waals surface area contributed by atoms with E-state index in [1.165, 1.54) is 35.4 Å². The molecule has 0 radical (unpaired) electrons. The van der Waals surface area contributed by atoms with E-state index < -0.39 is 17.4 Å². The Labute approximate surface area is 154 Å². The smallest absolute Gasteiger partial charge is 0.270 e. The van der Waals surface area contributed by atoms with Gasteiger partial charge in [-0.2, -0.15) is 0 Å². The second-order valence-electron chi connectivity index (χ2n) is 6.75. The molecule has 138 valence electrons. The highest BCUT2D eigenvalue weighted by molar-refractivity contribution is 7.14. The van der Waals surface area contributed by atoms with Gasteiger partial charge >= 0.3 is 0 Å². The van der Waals surface area contributed by atoms with E-state index in [0.717, 1.165) is 12.5 Å². The summed E-state index contributed by atoms with van der Waals surface area (Å²) >= 11 is 1.35. The molecule has 2 heterocycles. The predicted octanol–water partition coefficient (Wildman–Crippen LogP) is 3.44. The van der Waals surface area contributed by atoms with Crippen molar-refractivity contribution in [2.45, 2.75) is 31.2 Å². The summed E-state index contributed by atoms with van der Waals surface area (Å²) in [5, 5.41) is 13.6. The minimum absolute atomic E-state index is 0.0183. The highest BCUT2D eigenvalue weighted by atomic mass is 32.1. The van der Waals surface area contributed by atoms with Gasteiger partial charge in [0.1, 0.15) is 0 Å². The van der Waals surface area contributed by atoms with Gasteiger partial charge in [-0.1, -0.05) is 24.3 Å². The zero-order valence-corrected chi connectivity index (χ0v) is 15.5. The summed E-state index contributed by atoms with van der Waals surface area (Å²) in [4.78, 5) is 14.2. The number of halogens is 2. The molecule has 4 N–H and O–H groups in total. The molecule has 1 saturated heterocycles. The highest BCUT2D eigenvalue weighted by Gasteiger charge is 2.48. The molecule has 0 spiro atoms. The van der Waals surface area contributed by atoms with Crippen molar-refractivity contribution < 1.29 is 13.6 Å². The zero-order chi connectivity index (χ0) is 19.3. The first-order valence-corrected chi connectivity index (χ1v) is 8.89. The molecule has 5 nitrogen and oxygen atoms in total. The maximum atomic E-state index is 13.5. The molecule has 3 rings (SSSR count). The molecule has 0 saturated carbocycles. The molecule has 2 atom stereocenters. The van der Waals surface area contributed by atoms with Gasteiger partial charge in [-0.25, -0.2) is 8.78 Å². The number of carbonyl (C=O) groups excluding carboxylic acids is 1. The van der Waals surface area contributed by atoms with Crippen LogP contribution in [0.5, 0.6) is 0 Å². The molecule has 2 aromatic rings. The molecule has 0 unspecified atom stereocenters. The number of hydrogen-bond acceptors (Lipinski definition) is 4. The van der Waals surface area contributed by atoms with E-state index >= 15 is 0 Å². The Bertz CT molecular complexity index is 859. The third kappa shape index (κ3) is 2.94. The van der Waals surface area contributed by atoms with Crippen molar-refractivity contribution in [3.8, 4) is 0 Å². The molecular formula is C18H20F2N4OS. The van der Waals surface area contributed by atoms with E-state index in [2.05, 4.69) is 5.32 Å². The van der Waals surface area contributed by atoms with Crippen LogP contribution in [0.3, 0.4) is 0 Å². The number of hydrogen-bond donors (Lipinski definition) is 3. The number of amides is 1. The van der Waals surface area contributed by atoms with Crippen LogP contribution in [-0.4, -0.2) is 23.8 Å². The number of rotatable bonds is 3. The fourth-order valence-electron chi connectivity index (χ4n) is 3.26. The number of nitrogens with zero attached hydrogens (tertiary/aromatic N) is 1. The number of nitrogens with one attached hydrogen (secondary N) is 2. The van der Waals surface area contributed by atoms with Crippen LogP contribution in [0.15, 0.2) is 35.7 Å². The molecule has 0 aliphatic carbocycles. The maximum Gasteiger partial charge on any atom is 0.270 e. The lowest BCUT2D eigenvalue weighted by atomic mass is 9.74.